The predicted molar refractivity (Wildman–Crippen MR) is 93.7 cm³/mol. The Labute approximate surface area is 141 Å². The summed E-state index contributed by atoms with van der Waals surface area (Å²) in [7, 11) is 0. The van der Waals surface area contributed by atoms with Crippen molar-refractivity contribution in [2.75, 3.05) is 0 Å². The van der Waals surface area contributed by atoms with Crippen LogP contribution in [0.5, 0.6) is 0 Å². The van der Waals surface area contributed by atoms with Crippen LogP contribution in [0.15, 0.2) is 59.3 Å². The Kier molecular flexibility index (Phi) is 1.37. The van der Waals surface area contributed by atoms with E-state index in [0.717, 1.165) is 11.7 Å². The van der Waals surface area contributed by atoms with Gasteiger partial charge in [-0.2, -0.15) is 0 Å². The highest BCUT2D eigenvalue weighted by Gasteiger charge is 2.64. The third kappa shape index (κ3) is 0.899. The van der Waals surface area contributed by atoms with Crippen LogP contribution >= 0.6 is 0 Å². The topological polar surface area (TPSA) is 28.2 Å². The first-order valence-electron chi connectivity index (χ1n) is 8.51. The van der Waals surface area contributed by atoms with Gasteiger partial charge in [-0.3, -0.25) is 0 Å². The van der Waals surface area contributed by atoms with Crippen molar-refractivity contribution >= 4 is 35.6 Å². The van der Waals surface area contributed by atoms with Crippen LogP contribution in [0.1, 0.15) is 11.4 Å². The second-order valence-corrected chi connectivity index (χ2v) is 7.09. The number of aliphatic imine (C=N–C) groups is 1. The minimum absolute atomic E-state index is 0.495. The highest BCUT2D eigenvalue weighted by atomic mass is 15.6. The normalized spacial score (nSPS) is 27.0. The van der Waals surface area contributed by atoms with Crippen molar-refractivity contribution in [3.05, 3.63) is 76.4 Å². The van der Waals surface area contributed by atoms with Gasteiger partial charge in [0.15, 0.2) is 0 Å². The van der Waals surface area contributed by atoms with E-state index in [1.165, 1.54) is 33.5 Å². The highest BCUT2D eigenvalue weighted by molar-refractivity contribution is 6.22. The smallest absolute Gasteiger partial charge is 0.242 e. The summed E-state index contributed by atoms with van der Waals surface area (Å²) in [6, 6.07) is 8.87. The lowest BCUT2D eigenvalue weighted by Gasteiger charge is -2.42. The summed E-state index contributed by atoms with van der Waals surface area (Å²) < 4.78 is 9.61. The third-order valence-electron chi connectivity index (χ3n) is 5.98. The lowest BCUT2D eigenvalue weighted by molar-refractivity contribution is -0.814. The molecule has 25 heavy (non-hydrogen) atoms. The lowest BCUT2D eigenvalue weighted by Crippen LogP contribution is -2.70. The standard InChI is InChI=1S/C20H11N5/c1-3-14-10-16-5-7-18-21-19-8-6-17-11-15-4-2-13-9-12(1)22(14)20(23(13)15,24(16)18)25(17)19/h1-11H/q+2. The van der Waals surface area contributed by atoms with Crippen LogP contribution in [-0.2, 0) is 5.91 Å². The van der Waals surface area contributed by atoms with Crippen molar-refractivity contribution in [1.82, 2.24) is 9.13 Å². The molecular weight excluding hydrogens is 310 g/mol. The van der Waals surface area contributed by atoms with Crippen LogP contribution in [0.2, 0.25) is 0 Å². The number of aromatic nitrogens is 2. The lowest BCUT2D eigenvalue weighted by atomic mass is 10.1. The van der Waals surface area contributed by atoms with Gasteiger partial charge >= 0.3 is 17.6 Å². The van der Waals surface area contributed by atoms with E-state index in [-0.39, 0.29) is 0 Å². The molecule has 0 fully saturated rings. The summed E-state index contributed by atoms with van der Waals surface area (Å²) >= 11 is 0. The van der Waals surface area contributed by atoms with Crippen LogP contribution < -0.4 is 10.7 Å². The van der Waals surface area contributed by atoms with Gasteiger partial charge in [-0.15, -0.1) is 9.15 Å². The van der Waals surface area contributed by atoms with Crippen LogP contribution in [0.4, 0.5) is 0 Å². The summed E-state index contributed by atoms with van der Waals surface area (Å²) in [6.07, 6.45) is 15.4. The van der Waals surface area contributed by atoms with E-state index in [2.05, 4.69) is 85.1 Å². The number of nitrogens with zero attached hydrogens (tertiary/aromatic N) is 5. The van der Waals surface area contributed by atoms with Crippen LogP contribution in [-0.4, -0.2) is 35.7 Å². The van der Waals surface area contributed by atoms with E-state index < -0.39 is 5.91 Å². The van der Waals surface area contributed by atoms with Crippen molar-refractivity contribution in [1.29, 1.82) is 0 Å². The Morgan fingerprint density at radius 2 is 1.60 bits per heavy atom. The van der Waals surface area contributed by atoms with Gasteiger partial charge in [0.2, 0.25) is 0 Å². The fourth-order valence-electron chi connectivity index (χ4n) is 5.19. The molecule has 1 spiro atoms. The van der Waals surface area contributed by atoms with Gasteiger partial charge in [-0.05, 0) is 42.5 Å². The first-order chi connectivity index (χ1) is 12.4. The number of rotatable bonds is 0. The van der Waals surface area contributed by atoms with Crippen LogP contribution in [0, 0.1) is 0 Å². The van der Waals surface area contributed by atoms with Crippen molar-refractivity contribution in [2.24, 2.45) is 4.99 Å². The fourth-order valence-corrected chi connectivity index (χ4v) is 5.19. The molecular formula is C20H11N5+2. The van der Waals surface area contributed by atoms with Crippen LogP contribution in [0.25, 0.3) is 18.2 Å². The molecule has 0 radical (unpaired) electrons. The van der Waals surface area contributed by atoms with Crippen molar-refractivity contribution in [3.8, 4) is 0 Å². The number of allylic oxidation sites excluding steroid dienone is 2. The average Bonchev–Trinajstić information content (AvgIpc) is 3.38. The number of hydrogen-bond donors (Lipinski definition) is 0. The predicted octanol–water partition coefficient (Wildman–Crippen LogP) is 0.113. The average molecular weight is 321 g/mol. The fraction of sp³-hybridized carbons (Fsp3) is 0.0500. The second-order valence-electron chi connectivity index (χ2n) is 7.09. The van der Waals surface area contributed by atoms with Gasteiger partial charge in [-0.1, -0.05) is 0 Å². The molecule has 1 unspecified atom stereocenters. The molecule has 8 heterocycles. The monoisotopic (exact) mass is 321 g/mol. The molecule has 0 N–H and O–H groups in total. The van der Waals surface area contributed by atoms with Crippen molar-refractivity contribution in [2.45, 2.75) is 5.91 Å². The summed E-state index contributed by atoms with van der Waals surface area (Å²) in [5, 5.41) is 2.45. The Balaban J connectivity index is 1.77. The molecule has 0 aliphatic carbocycles. The molecule has 114 valence electrons. The largest absolute Gasteiger partial charge is 0.435 e. The minimum atomic E-state index is -0.495. The Bertz CT molecular complexity index is 1430. The first kappa shape index (κ1) is 11.1. The van der Waals surface area contributed by atoms with E-state index in [4.69, 9.17) is 4.99 Å². The van der Waals surface area contributed by atoms with Gasteiger partial charge in [0, 0.05) is 29.3 Å². The van der Waals surface area contributed by atoms with Crippen LogP contribution in [0.3, 0.4) is 0 Å². The zero-order valence-corrected chi connectivity index (χ0v) is 13.1. The van der Waals surface area contributed by atoms with E-state index in [1.807, 2.05) is 0 Å². The second kappa shape index (κ2) is 3.07. The van der Waals surface area contributed by atoms with E-state index >= 15 is 0 Å². The Morgan fingerprint density at radius 1 is 0.760 bits per heavy atom. The molecule has 0 bridgehead atoms. The van der Waals surface area contributed by atoms with Gasteiger partial charge in [0.05, 0.1) is 22.1 Å². The maximum absolute atomic E-state index is 4.92. The van der Waals surface area contributed by atoms with E-state index in [0.29, 0.717) is 0 Å². The summed E-state index contributed by atoms with van der Waals surface area (Å²) in [6.45, 7) is 0. The molecule has 2 aromatic rings. The van der Waals surface area contributed by atoms with Gasteiger partial charge in [0.25, 0.3) is 0 Å². The summed E-state index contributed by atoms with van der Waals surface area (Å²) in [5.74, 6) is 1.51. The quantitative estimate of drug-likeness (QED) is 0.617. The zero-order chi connectivity index (χ0) is 15.9. The SMILES string of the molecule is C1=CC2=[N+]3C1=Cc1ccc4n1C31n3c(ccc3=C4)=CC3=[N+]1C(=N2)C=C3. The van der Waals surface area contributed by atoms with Gasteiger partial charge < -0.3 is 0 Å². The molecule has 5 heteroatoms. The van der Waals surface area contributed by atoms with Gasteiger partial charge in [-0.25, -0.2) is 9.13 Å². The number of hydrogen-bond acceptors (Lipinski definition) is 1. The molecule has 0 aromatic carbocycles. The molecule has 0 amide bonds. The maximum atomic E-state index is 4.92. The van der Waals surface area contributed by atoms with Crippen molar-refractivity contribution in [3.63, 3.8) is 0 Å². The minimum Gasteiger partial charge on any atom is -0.242 e. The Hall–Kier alpha value is -3.47. The maximum Gasteiger partial charge on any atom is 0.435 e. The van der Waals surface area contributed by atoms with E-state index in [1.54, 1.807) is 0 Å². The molecule has 8 rings (SSSR count). The third-order valence-corrected chi connectivity index (χ3v) is 5.98. The van der Waals surface area contributed by atoms with Gasteiger partial charge in [0.1, 0.15) is 11.4 Å². The number of amidine groups is 2. The molecule has 2 aromatic heterocycles. The molecule has 5 nitrogen and oxygen atoms in total. The van der Waals surface area contributed by atoms with Crippen molar-refractivity contribution < 1.29 is 9.15 Å². The molecule has 0 saturated carbocycles. The molecule has 6 aliphatic rings. The zero-order valence-electron chi connectivity index (χ0n) is 13.1. The highest BCUT2D eigenvalue weighted by Crippen LogP contribution is 2.41. The Morgan fingerprint density at radius 3 is 2.52 bits per heavy atom. The molecule has 0 saturated heterocycles. The molecule has 6 aliphatic heterocycles. The molecule has 1 atom stereocenters. The van der Waals surface area contributed by atoms with E-state index in [9.17, 15) is 0 Å². The summed E-state index contributed by atoms with van der Waals surface area (Å²) in [5.41, 5.74) is 4.83. The summed E-state index contributed by atoms with van der Waals surface area (Å²) in [4.78, 5) is 4.92. The first-order valence-corrected chi connectivity index (χ1v) is 8.51.